The van der Waals surface area contributed by atoms with E-state index in [1.54, 1.807) is 0 Å². The molecule has 0 saturated carbocycles. The quantitative estimate of drug-likeness (QED) is 0.220. The summed E-state index contributed by atoms with van der Waals surface area (Å²) in [7, 11) is -1.11. The largest absolute Gasteiger partial charge is 1.00 e. The number of aliphatic hydroxyl groups is 1. The molecule has 0 saturated heterocycles. The van der Waals surface area contributed by atoms with Crippen LogP contribution in [0.2, 0.25) is 0 Å². The Morgan fingerprint density at radius 1 is 1.53 bits per heavy atom. The SMILES string of the molecule is CO.CS(=S)CCN.[CH2+]S(=O)(=O)SC.[Cl-].[NH3+]CCS. The van der Waals surface area contributed by atoms with Crippen molar-refractivity contribution < 1.29 is 31.7 Å². The highest BCUT2D eigenvalue weighted by Gasteiger charge is 2.02. The summed E-state index contributed by atoms with van der Waals surface area (Å²) in [6.07, 6.45) is 6.31. The number of quaternary nitrogens is 1. The molecule has 0 aromatic carbocycles. The lowest BCUT2D eigenvalue weighted by molar-refractivity contribution is -0.360. The van der Waals surface area contributed by atoms with Crippen molar-refractivity contribution in [1.29, 1.82) is 0 Å². The van der Waals surface area contributed by atoms with E-state index in [0.29, 0.717) is 0 Å². The molecule has 11 heteroatoms. The molecule has 0 radical (unpaired) electrons. The first-order valence-corrected chi connectivity index (χ1v) is 11.5. The Morgan fingerprint density at radius 2 is 1.79 bits per heavy atom. The van der Waals surface area contributed by atoms with E-state index in [2.05, 4.69) is 24.6 Å². The predicted molar refractivity (Wildman–Crippen MR) is 92.1 cm³/mol. The maximum Gasteiger partial charge on any atom is 0.344 e. The third kappa shape index (κ3) is 84.1. The van der Waals surface area contributed by atoms with Gasteiger partial charge in [0, 0.05) is 42.2 Å². The molecule has 0 aliphatic carbocycles. The zero-order valence-electron chi connectivity index (χ0n) is 11.5. The van der Waals surface area contributed by atoms with Crippen LogP contribution in [0.3, 0.4) is 0 Å². The van der Waals surface area contributed by atoms with E-state index in [1.807, 2.05) is 6.26 Å². The van der Waals surface area contributed by atoms with Crippen LogP contribution < -0.4 is 23.9 Å². The monoisotopic (exact) mass is 393 g/mol. The minimum absolute atomic E-state index is 0. The summed E-state index contributed by atoms with van der Waals surface area (Å²) in [5.41, 5.74) is 8.70. The van der Waals surface area contributed by atoms with Gasteiger partial charge in [-0.1, -0.05) is 11.2 Å². The maximum absolute atomic E-state index is 9.85. The van der Waals surface area contributed by atoms with Crippen LogP contribution in [0.25, 0.3) is 0 Å². The first-order valence-electron chi connectivity index (χ1n) is 4.73. The summed E-state index contributed by atoms with van der Waals surface area (Å²) in [6.45, 7) is 1.67. The molecular weight excluding hydrogens is 368 g/mol. The number of aliphatic hydroxyl groups excluding tert-OH is 1. The smallest absolute Gasteiger partial charge is 0.344 e. The van der Waals surface area contributed by atoms with Gasteiger partial charge in [0.1, 0.15) is 0 Å². The summed E-state index contributed by atoms with van der Waals surface area (Å²) < 4.78 is 19.7. The second-order valence-electron chi connectivity index (χ2n) is 2.37. The van der Waals surface area contributed by atoms with E-state index in [1.165, 1.54) is 6.26 Å². The second-order valence-corrected chi connectivity index (χ2v) is 10.0. The summed E-state index contributed by atoms with van der Waals surface area (Å²) in [4.78, 5) is 0. The molecular formula is C8H26ClN2O3S5+. The minimum Gasteiger partial charge on any atom is -1.00 e. The minimum atomic E-state index is -3.00. The topological polar surface area (TPSA) is 108 Å². The Labute approximate surface area is 140 Å². The molecule has 0 aliphatic heterocycles. The van der Waals surface area contributed by atoms with Crippen molar-refractivity contribution >= 4 is 52.9 Å². The normalized spacial score (nSPS) is 10.1. The summed E-state index contributed by atoms with van der Waals surface area (Å²) >= 11 is 8.68. The molecule has 19 heavy (non-hydrogen) atoms. The van der Waals surface area contributed by atoms with Crippen molar-refractivity contribution in [3.63, 3.8) is 0 Å². The van der Waals surface area contributed by atoms with Gasteiger partial charge in [-0.2, -0.15) is 21.0 Å². The van der Waals surface area contributed by atoms with Crippen LogP contribution in [-0.2, 0) is 29.5 Å². The van der Waals surface area contributed by atoms with Crippen LogP contribution in [0.5, 0.6) is 0 Å². The summed E-state index contributed by atoms with van der Waals surface area (Å²) in [5, 5.41) is 7.00. The van der Waals surface area contributed by atoms with Gasteiger partial charge in [0.2, 0.25) is 0 Å². The molecule has 1 unspecified atom stereocenters. The molecule has 0 aliphatic rings. The number of hydrogen-bond donors (Lipinski definition) is 4. The lowest BCUT2D eigenvalue weighted by Crippen LogP contribution is -3.00. The molecule has 0 rings (SSSR count). The number of thiol groups is 1. The number of rotatable bonds is 4. The Balaban J connectivity index is -0.0000000480. The summed E-state index contributed by atoms with van der Waals surface area (Å²) in [6, 6.07) is 0. The van der Waals surface area contributed by atoms with E-state index in [0.717, 1.165) is 42.5 Å². The Kier molecular flexibility index (Phi) is 46.8. The van der Waals surface area contributed by atoms with Crippen molar-refractivity contribution in [3.05, 3.63) is 6.26 Å². The van der Waals surface area contributed by atoms with Crippen molar-refractivity contribution in [2.45, 2.75) is 0 Å². The maximum atomic E-state index is 9.85. The van der Waals surface area contributed by atoms with E-state index >= 15 is 0 Å². The molecule has 6 N–H and O–H groups in total. The molecule has 0 heterocycles. The molecule has 1 atom stereocenters. The third-order valence-corrected chi connectivity index (χ3v) is 4.48. The first kappa shape index (κ1) is 32.3. The fourth-order valence-corrected chi connectivity index (χ4v) is 0.787. The van der Waals surface area contributed by atoms with Crippen LogP contribution in [-0.4, -0.2) is 57.7 Å². The average Bonchev–Trinajstić information content (AvgIpc) is 2.32. The van der Waals surface area contributed by atoms with Gasteiger partial charge in [-0.05, 0) is 6.26 Å². The van der Waals surface area contributed by atoms with Gasteiger partial charge in [0.15, 0.2) is 6.26 Å². The second kappa shape index (κ2) is 27.6. The van der Waals surface area contributed by atoms with Gasteiger partial charge in [0.25, 0.3) is 0 Å². The Morgan fingerprint density at radius 3 is 1.79 bits per heavy atom. The van der Waals surface area contributed by atoms with Gasteiger partial charge in [-0.15, -0.1) is 9.45 Å². The number of hydrogen-bond acceptors (Lipinski definition) is 7. The Hall–Kier alpha value is 1.26. The van der Waals surface area contributed by atoms with E-state index in [4.69, 9.17) is 22.0 Å². The fourth-order valence-electron chi connectivity index (χ4n) is 0.166. The van der Waals surface area contributed by atoms with Crippen molar-refractivity contribution in [2.24, 2.45) is 5.73 Å². The van der Waals surface area contributed by atoms with Crippen LogP contribution in [0.15, 0.2) is 0 Å². The summed E-state index contributed by atoms with van der Waals surface area (Å²) in [5.74, 6) is 1.90. The molecule has 0 bridgehead atoms. The molecule has 5 nitrogen and oxygen atoms in total. The van der Waals surface area contributed by atoms with Gasteiger partial charge in [0.05, 0.1) is 6.54 Å². The van der Waals surface area contributed by atoms with E-state index in [9.17, 15) is 8.42 Å². The van der Waals surface area contributed by atoms with Crippen LogP contribution in [0.4, 0.5) is 0 Å². The highest BCUT2D eigenvalue weighted by Crippen LogP contribution is 2.02. The molecule has 0 aromatic heterocycles. The van der Waals surface area contributed by atoms with Crippen LogP contribution in [0, 0.1) is 6.26 Å². The number of nitrogens with two attached hydrogens (primary N) is 1. The molecule has 122 valence electrons. The van der Waals surface area contributed by atoms with Crippen molar-refractivity contribution in [2.75, 3.05) is 44.2 Å². The van der Waals surface area contributed by atoms with Gasteiger partial charge in [-0.3, -0.25) is 0 Å². The van der Waals surface area contributed by atoms with Crippen LogP contribution in [0.1, 0.15) is 0 Å². The fraction of sp³-hybridized carbons (Fsp3) is 0.875. The Bertz CT molecular complexity index is 251. The van der Waals surface area contributed by atoms with Crippen LogP contribution >= 0.6 is 23.4 Å². The van der Waals surface area contributed by atoms with Crippen molar-refractivity contribution in [1.82, 2.24) is 0 Å². The predicted octanol–water partition coefficient (Wildman–Crippen LogP) is -4.10. The van der Waals surface area contributed by atoms with E-state index in [-0.39, 0.29) is 21.9 Å². The lowest BCUT2D eigenvalue weighted by Gasteiger charge is -1.87. The number of halogens is 1. The molecule has 0 amide bonds. The van der Waals surface area contributed by atoms with Crippen molar-refractivity contribution in [3.8, 4) is 0 Å². The van der Waals surface area contributed by atoms with Gasteiger partial charge >= 0.3 is 8.87 Å². The highest BCUT2D eigenvalue weighted by atomic mass is 35.5. The standard InChI is InChI=1S/C3H9NS2.C2H7NS.C2H5O2S2.CH4O.ClH/c1-6(5)3-2-4;3-1-2-4;1-5-6(2,3)4;1-2;/h2-4H2,1H3;4H,1-3H2;2H2,1H3;2H,1H3;1H/q;;+1;;. The van der Waals surface area contributed by atoms with E-state index < -0.39 is 8.87 Å². The zero-order valence-corrected chi connectivity index (χ0v) is 16.5. The highest BCUT2D eigenvalue weighted by molar-refractivity contribution is 8.72. The molecule has 0 spiro atoms. The lowest BCUT2D eigenvalue weighted by atomic mass is 10.8. The zero-order chi connectivity index (χ0) is 15.6. The third-order valence-electron chi connectivity index (χ3n) is 0.817. The molecule has 0 aromatic rings. The molecule has 0 fully saturated rings. The van der Waals surface area contributed by atoms with Gasteiger partial charge < -0.3 is 29.0 Å². The average molecular weight is 394 g/mol. The van der Waals surface area contributed by atoms with Gasteiger partial charge in [-0.25, -0.2) is 0 Å². The first-order chi connectivity index (χ1) is 8.24.